The van der Waals surface area contributed by atoms with Crippen molar-refractivity contribution >= 4 is 11.8 Å². The van der Waals surface area contributed by atoms with Gasteiger partial charge in [-0.25, -0.2) is 0 Å². The number of hydrogen-bond acceptors (Lipinski definition) is 4. The van der Waals surface area contributed by atoms with E-state index in [2.05, 4.69) is 10.6 Å². The Balaban J connectivity index is 1.43. The van der Waals surface area contributed by atoms with Crippen LogP contribution in [0, 0.1) is 0 Å². The van der Waals surface area contributed by atoms with Crippen molar-refractivity contribution in [3.63, 3.8) is 0 Å². The first-order valence-corrected chi connectivity index (χ1v) is 8.69. The average molecular weight is 332 g/mol. The summed E-state index contributed by atoms with van der Waals surface area (Å²) in [7, 11) is 0. The van der Waals surface area contributed by atoms with Crippen LogP contribution in [-0.2, 0) is 9.59 Å². The first-order valence-electron chi connectivity index (χ1n) is 8.69. The molecule has 3 rings (SSSR count). The molecule has 1 aromatic rings. The number of carbonyl (C=O) groups excluding carboxylic acids is 2. The SMILES string of the molecule is O=C(NCC1COc2ccccc2O1)C(=O)NC1CCCCCC1. The molecular weight excluding hydrogens is 308 g/mol. The van der Waals surface area contributed by atoms with E-state index in [9.17, 15) is 9.59 Å². The summed E-state index contributed by atoms with van der Waals surface area (Å²) < 4.78 is 11.3. The highest BCUT2D eigenvalue weighted by molar-refractivity contribution is 6.35. The minimum absolute atomic E-state index is 0.117. The number of hydrogen-bond donors (Lipinski definition) is 2. The third-order valence-corrected chi connectivity index (χ3v) is 4.45. The maximum Gasteiger partial charge on any atom is 0.309 e. The molecule has 1 saturated carbocycles. The van der Waals surface area contributed by atoms with E-state index in [-0.39, 0.29) is 18.7 Å². The zero-order chi connectivity index (χ0) is 16.8. The van der Waals surface area contributed by atoms with Crippen LogP contribution in [0.5, 0.6) is 11.5 Å². The topological polar surface area (TPSA) is 76.7 Å². The van der Waals surface area contributed by atoms with E-state index in [1.807, 2.05) is 24.3 Å². The number of amides is 2. The van der Waals surface area contributed by atoms with E-state index in [1.54, 1.807) is 0 Å². The van der Waals surface area contributed by atoms with Crippen LogP contribution in [0.15, 0.2) is 24.3 Å². The predicted molar refractivity (Wildman–Crippen MR) is 89.0 cm³/mol. The molecule has 2 aliphatic rings. The van der Waals surface area contributed by atoms with E-state index in [1.165, 1.54) is 12.8 Å². The molecule has 0 aromatic heterocycles. The van der Waals surface area contributed by atoms with Gasteiger partial charge in [0.05, 0.1) is 6.54 Å². The summed E-state index contributed by atoms with van der Waals surface area (Å²) in [5, 5.41) is 5.47. The summed E-state index contributed by atoms with van der Waals surface area (Å²) in [6.07, 6.45) is 6.25. The van der Waals surface area contributed by atoms with Gasteiger partial charge in [-0.3, -0.25) is 9.59 Å². The van der Waals surface area contributed by atoms with Gasteiger partial charge in [0.25, 0.3) is 0 Å². The number of carbonyl (C=O) groups is 2. The lowest BCUT2D eigenvalue weighted by Gasteiger charge is -2.26. The van der Waals surface area contributed by atoms with Gasteiger partial charge in [-0.2, -0.15) is 0 Å². The number of ether oxygens (including phenoxy) is 2. The van der Waals surface area contributed by atoms with Crippen molar-refractivity contribution in [2.24, 2.45) is 0 Å². The van der Waals surface area contributed by atoms with Gasteiger partial charge in [0.15, 0.2) is 11.5 Å². The first kappa shape index (κ1) is 16.6. The zero-order valence-corrected chi connectivity index (χ0v) is 13.8. The molecule has 1 heterocycles. The third kappa shape index (κ3) is 4.40. The highest BCUT2D eigenvalue weighted by Gasteiger charge is 2.24. The molecule has 1 atom stereocenters. The normalized spacial score (nSPS) is 20.8. The number of benzene rings is 1. The Morgan fingerprint density at radius 3 is 2.46 bits per heavy atom. The Hall–Kier alpha value is -2.24. The molecule has 1 aliphatic heterocycles. The van der Waals surface area contributed by atoms with Crippen LogP contribution in [0.25, 0.3) is 0 Å². The molecule has 0 bridgehead atoms. The van der Waals surface area contributed by atoms with Gasteiger partial charge in [-0.15, -0.1) is 0 Å². The van der Waals surface area contributed by atoms with Crippen LogP contribution in [0.4, 0.5) is 0 Å². The highest BCUT2D eigenvalue weighted by atomic mass is 16.6. The third-order valence-electron chi connectivity index (χ3n) is 4.45. The molecule has 6 heteroatoms. The lowest BCUT2D eigenvalue weighted by atomic mass is 10.1. The van der Waals surface area contributed by atoms with Crippen molar-refractivity contribution in [2.75, 3.05) is 13.2 Å². The zero-order valence-electron chi connectivity index (χ0n) is 13.8. The molecule has 1 aromatic carbocycles. The molecule has 0 saturated heterocycles. The van der Waals surface area contributed by atoms with Crippen LogP contribution >= 0.6 is 0 Å². The maximum atomic E-state index is 12.0. The van der Waals surface area contributed by atoms with Gasteiger partial charge in [0.2, 0.25) is 0 Å². The fourth-order valence-corrected chi connectivity index (χ4v) is 3.13. The Bertz CT molecular complexity index is 582. The fourth-order valence-electron chi connectivity index (χ4n) is 3.13. The molecule has 0 radical (unpaired) electrons. The molecular formula is C18H24N2O4. The minimum Gasteiger partial charge on any atom is -0.486 e. The molecule has 2 N–H and O–H groups in total. The van der Waals surface area contributed by atoms with Crippen molar-refractivity contribution in [2.45, 2.75) is 50.7 Å². The van der Waals surface area contributed by atoms with Crippen molar-refractivity contribution in [1.29, 1.82) is 0 Å². The van der Waals surface area contributed by atoms with Crippen LogP contribution in [0.1, 0.15) is 38.5 Å². The van der Waals surface area contributed by atoms with Crippen LogP contribution < -0.4 is 20.1 Å². The Kier molecular flexibility index (Phi) is 5.56. The summed E-state index contributed by atoms with van der Waals surface area (Å²) in [4.78, 5) is 24.0. The van der Waals surface area contributed by atoms with Crippen LogP contribution in [-0.4, -0.2) is 37.1 Å². The molecule has 6 nitrogen and oxygen atoms in total. The smallest absolute Gasteiger partial charge is 0.309 e. The summed E-state index contributed by atoms with van der Waals surface area (Å²) in [6.45, 7) is 0.590. The van der Waals surface area contributed by atoms with E-state index in [0.29, 0.717) is 18.1 Å². The number of nitrogens with one attached hydrogen (secondary N) is 2. The second-order valence-electron chi connectivity index (χ2n) is 6.37. The van der Waals surface area contributed by atoms with E-state index < -0.39 is 11.8 Å². The van der Waals surface area contributed by atoms with Gasteiger partial charge >= 0.3 is 11.8 Å². The Morgan fingerprint density at radius 1 is 1.00 bits per heavy atom. The molecule has 24 heavy (non-hydrogen) atoms. The van der Waals surface area contributed by atoms with E-state index in [0.717, 1.165) is 25.7 Å². The van der Waals surface area contributed by atoms with Crippen molar-refractivity contribution in [1.82, 2.24) is 10.6 Å². The van der Waals surface area contributed by atoms with Gasteiger partial charge in [0, 0.05) is 6.04 Å². The summed E-state index contributed by atoms with van der Waals surface area (Å²) in [6, 6.07) is 7.52. The van der Waals surface area contributed by atoms with Crippen LogP contribution in [0.3, 0.4) is 0 Å². The largest absolute Gasteiger partial charge is 0.486 e. The van der Waals surface area contributed by atoms with E-state index in [4.69, 9.17) is 9.47 Å². The van der Waals surface area contributed by atoms with E-state index >= 15 is 0 Å². The molecule has 1 aliphatic carbocycles. The first-order chi connectivity index (χ1) is 11.7. The maximum absolute atomic E-state index is 12.0. The van der Waals surface area contributed by atoms with Gasteiger partial charge in [-0.1, -0.05) is 37.8 Å². The molecule has 0 spiro atoms. The second-order valence-corrected chi connectivity index (χ2v) is 6.37. The highest BCUT2D eigenvalue weighted by Crippen LogP contribution is 2.30. The molecule has 1 fully saturated rings. The van der Waals surface area contributed by atoms with Crippen LogP contribution in [0.2, 0.25) is 0 Å². The van der Waals surface area contributed by atoms with Crippen molar-refractivity contribution in [3.05, 3.63) is 24.3 Å². The predicted octanol–water partition coefficient (Wildman–Crippen LogP) is 1.78. The van der Waals surface area contributed by atoms with Gasteiger partial charge < -0.3 is 20.1 Å². The lowest BCUT2D eigenvalue weighted by molar-refractivity contribution is -0.140. The quantitative estimate of drug-likeness (QED) is 0.653. The standard InChI is InChI=1S/C18H24N2O4/c21-17(18(22)20-13-7-3-1-2-4-8-13)19-11-14-12-23-15-9-5-6-10-16(15)24-14/h5-6,9-10,13-14H,1-4,7-8,11-12H2,(H,19,21)(H,20,22). The molecule has 130 valence electrons. The Labute approximate surface area is 141 Å². The minimum atomic E-state index is -0.610. The number of para-hydroxylation sites is 2. The monoisotopic (exact) mass is 332 g/mol. The lowest BCUT2D eigenvalue weighted by Crippen LogP contribution is -2.48. The van der Waals surface area contributed by atoms with Gasteiger partial charge in [-0.05, 0) is 25.0 Å². The number of rotatable bonds is 3. The summed E-state index contributed by atoms with van der Waals surface area (Å²) in [5.41, 5.74) is 0. The second kappa shape index (κ2) is 8.04. The molecule has 1 unspecified atom stereocenters. The Morgan fingerprint density at radius 2 is 1.71 bits per heavy atom. The average Bonchev–Trinajstić information content (AvgIpc) is 2.88. The summed E-state index contributed by atoms with van der Waals surface area (Å²) >= 11 is 0. The van der Waals surface area contributed by atoms with Crippen molar-refractivity contribution in [3.8, 4) is 11.5 Å². The van der Waals surface area contributed by atoms with Crippen molar-refractivity contribution < 1.29 is 19.1 Å². The fraction of sp³-hybridized carbons (Fsp3) is 0.556. The number of fused-ring (bicyclic) bond motifs is 1. The summed E-state index contributed by atoms with van der Waals surface area (Å²) in [5.74, 6) is 0.192. The molecule has 2 amide bonds. The van der Waals surface area contributed by atoms with Gasteiger partial charge in [0.1, 0.15) is 12.7 Å².